The second-order valence-electron chi connectivity index (χ2n) is 7.82. The van der Waals surface area contributed by atoms with E-state index in [1.165, 1.54) is 11.0 Å². The topological polar surface area (TPSA) is 106 Å². The van der Waals surface area contributed by atoms with Crippen LogP contribution >= 0.6 is 0 Å². The van der Waals surface area contributed by atoms with Crippen LogP contribution in [0.3, 0.4) is 0 Å². The number of carbonyl (C=O) groups is 3. The molecule has 2 fully saturated rings. The van der Waals surface area contributed by atoms with Gasteiger partial charge >= 0.3 is 6.09 Å². The van der Waals surface area contributed by atoms with Gasteiger partial charge in [-0.05, 0) is 37.3 Å². The van der Waals surface area contributed by atoms with Crippen molar-refractivity contribution in [2.24, 2.45) is 11.7 Å². The highest BCUT2D eigenvalue weighted by Gasteiger charge is 2.38. The number of benzene rings is 1. The molecule has 0 aliphatic carbocycles. The van der Waals surface area contributed by atoms with Gasteiger partial charge in [-0.15, -0.1) is 0 Å². The molecule has 4 rings (SSSR count). The summed E-state index contributed by atoms with van der Waals surface area (Å²) in [5.74, 6) is -0.696. The molecule has 0 radical (unpaired) electrons. The molecule has 2 saturated heterocycles. The molecule has 9 heteroatoms. The average molecular weight is 426 g/mol. The Labute approximate surface area is 178 Å². The second kappa shape index (κ2) is 8.33. The number of anilines is 2. The van der Waals surface area contributed by atoms with E-state index >= 15 is 0 Å². The molecule has 2 aliphatic rings. The monoisotopic (exact) mass is 426 g/mol. The zero-order valence-electron chi connectivity index (χ0n) is 17.1. The second-order valence-corrected chi connectivity index (χ2v) is 7.82. The number of nitrogens with two attached hydrogens (primary N) is 1. The molecule has 162 valence electrons. The molecule has 2 amide bonds. The first kappa shape index (κ1) is 20.8. The number of cyclic esters (lactones) is 1. The molecule has 2 aromatic rings. The smallest absolute Gasteiger partial charge is 0.414 e. The number of hydrogen-bond donors (Lipinski definition) is 1. The summed E-state index contributed by atoms with van der Waals surface area (Å²) in [5, 5.41) is 0. The number of Topliss-reactive ketones (excluding diaryl/α,β-unsaturated/α-hetero) is 1. The Kier molecular flexibility index (Phi) is 5.58. The summed E-state index contributed by atoms with van der Waals surface area (Å²) in [6.07, 6.45) is 1.30. The number of hydrogen-bond acceptors (Lipinski definition) is 6. The Balaban J connectivity index is 1.49. The Bertz CT molecular complexity index is 1020. The van der Waals surface area contributed by atoms with Gasteiger partial charge in [0.1, 0.15) is 23.5 Å². The third kappa shape index (κ3) is 4.21. The number of pyridine rings is 1. The molecule has 2 aliphatic heterocycles. The van der Waals surface area contributed by atoms with Crippen LogP contribution in [0.1, 0.15) is 19.8 Å². The largest absolute Gasteiger partial charge is 0.443 e. The molecule has 1 aromatic carbocycles. The first-order valence-corrected chi connectivity index (χ1v) is 10.1. The van der Waals surface area contributed by atoms with E-state index in [1.54, 1.807) is 31.3 Å². The molecule has 2 unspecified atom stereocenters. The molecule has 0 spiro atoms. The van der Waals surface area contributed by atoms with Crippen LogP contribution in [-0.4, -0.2) is 48.5 Å². The van der Waals surface area contributed by atoms with Gasteiger partial charge in [0, 0.05) is 43.3 Å². The SMILES string of the molecule is CC(C(N)=O)C1CN(c2ccc(-c3ccc(N4CCC(=O)CC4)nc3)c(F)c2)C(=O)O1. The van der Waals surface area contributed by atoms with E-state index < -0.39 is 29.8 Å². The van der Waals surface area contributed by atoms with Crippen LogP contribution in [0, 0.1) is 11.7 Å². The zero-order chi connectivity index (χ0) is 22.1. The highest BCUT2D eigenvalue weighted by atomic mass is 19.1. The molecular formula is C22H23FN4O4. The van der Waals surface area contributed by atoms with Crippen LogP contribution in [-0.2, 0) is 14.3 Å². The number of nitrogens with zero attached hydrogens (tertiary/aromatic N) is 3. The van der Waals surface area contributed by atoms with Crippen molar-refractivity contribution in [2.45, 2.75) is 25.9 Å². The molecule has 2 N–H and O–H groups in total. The van der Waals surface area contributed by atoms with E-state index in [-0.39, 0.29) is 12.3 Å². The summed E-state index contributed by atoms with van der Waals surface area (Å²) in [6, 6.07) is 8.07. The Morgan fingerprint density at radius 1 is 1.23 bits per heavy atom. The van der Waals surface area contributed by atoms with Gasteiger partial charge in [0.2, 0.25) is 5.91 Å². The van der Waals surface area contributed by atoms with Crippen molar-refractivity contribution in [1.82, 2.24) is 4.98 Å². The maximum Gasteiger partial charge on any atom is 0.414 e. The highest BCUT2D eigenvalue weighted by molar-refractivity contribution is 5.91. The average Bonchev–Trinajstić information content (AvgIpc) is 3.15. The summed E-state index contributed by atoms with van der Waals surface area (Å²) in [7, 11) is 0. The summed E-state index contributed by atoms with van der Waals surface area (Å²) in [4.78, 5) is 42.7. The van der Waals surface area contributed by atoms with Crippen molar-refractivity contribution in [1.29, 1.82) is 0 Å². The number of ether oxygens (including phenoxy) is 1. The Morgan fingerprint density at radius 2 is 1.97 bits per heavy atom. The fourth-order valence-electron chi connectivity index (χ4n) is 3.76. The van der Waals surface area contributed by atoms with Crippen molar-refractivity contribution >= 4 is 29.3 Å². The number of carbonyl (C=O) groups excluding carboxylic acids is 3. The number of piperidine rings is 1. The summed E-state index contributed by atoms with van der Waals surface area (Å²) >= 11 is 0. The van der Waals surface area contributed by atoms with E-state index in [4.69, 9.17) is 10.5 Å². The maximum atomic E-state index is 14.9. The normalized spacial score (nSPS) is 20.0. The Morgan fingerprint density at radius 3 is 2.58 bits per heavy atom. The lowest BCUT2D eigenvalue weighted by Crippen LogP contribution is -2.34. The van der Waals surface area contributed by atoms with Crippen LogP contribution in [0.25, 0.3) is 11.1 Å². The van der Waals surface area contributed by atoms with Gasteiger partial charge in [0.25, 0.3) is 0 Å². The van der Waals surface area contributed by atoms with Gasteiger partial charge in [-0.3, -0.25) is 14.5 Å². The first-order chi connectivity index (χ1) is 14.8. The van der Waals surface area contributed by atoms with Gasteiger partial charge in [0.15, 0.2) is 0 Å². The standard InChI is InChI=1S/C22H23FN4O4/c1-13(21(24)29)19-12-27(22(30)31-19)15-3-4-17(18(23)10-15)14-2-5-20(25-11-14)26-8-6-16(28)7-9-26/h2-5,10-11,13,19H,6-9,12H2,1H3,(H2,24,29). The molecule has 0 saturated carbocycles. The molecule has 31 heavy (non-hydrogen) atoms. The number of aromatic nitrogens is 1. The van der Waals surface area contributed by atoms with Crippen LogP contribution in [0.15, 0.2) is 36.5 Å². The van der Waals surface area contributed by atoms with Gasteiger partial charge in [-0.2, -0.15) is 0 Å². The minimum atomic E-state index is -0.672. The van der Waals surface area contributed by atoms with Crippen LogP contribution < -0.4 is 15.5 Å². The Hall–Kier alpha value is -3.49. The van der Waals surface area contributed by atoms with Crippen LogP contribution in [0.5, 0.6) is 0 Å². The fourth-order valence-corrected chi connectivity index (χ4v) is 3.76. The number of ketones is 1. The van der Waals surface area contributed by atoms with Crippen molar-refractivity contribution < 1.29 is 23.5 Å². The minimum absolute atomic E-state index is 0.121. The van der Waals surface area contributed by atoms with Gasteiger partial charge in [0.05, 0.1) is 18.2 Å². The van der Waals surface area contributed by atoms with Gasteiger partial charge in [-0.25, -0.2) is 14.2 Å². The lowest BCUT2D eigenvalue weighted by molar-refractivity contribution is -0.123. The summed E-state index contributed by atoms with van der Waals surface area (Å²) < 4.78 is 20.1. The lowest BCUT2D eigenvalue weighted by Gasteiger charge is -2.27. The van der Waals surface area contributed by atoms with Crippen LogP contribution in [0.4, 0.5) is 20.7 Å². The minimum Gasteiger partial charge on any atom is -0.443 e. The maximum absolute atomic E-state index is 14.9. The molecular weight excluding hydrogens is 403 g/mol. The van der Waals surface area contributed by atoms with E-state index in [1.807, 2.05) is 11.0 Å². The van der Waals surface area contributed by atoms with Gasteiger partial charge < -0.3 is 15.4 Å². The lowest BCUT2D eigenvalue weighted by atomic mass is 10.0. The van der Waals surface area contributed by atoms with E-state index in [9.17, 15) is 18.8 Å². The van der Waals surface area contributed by atoms with Crippen molar-refractivity contribution in [2.75, 3.05) is 29.4 Å². The quantitative estimate of drug-likeness (QED) is 0.788. The molecule has 0 bridgehead atoms. The summed E-state index contributed by atoms with van der Waals surface area (Å²) in [5.41, 5.74) is 6.58. The van der Waals surface area contributed by atoms with E-state index in [2.05, 4.69) is 4.98 Å². The van der Waals surface area contributed by atoms with E-state index in [0.29, 0.717) is 42.7 Å². The predicted molar refractivity (Wildman–Crippen MR) is 112 cm³/mol. The number of rotatable bonds is 5. The predicted octanol–water partition coefficient (Wildman–Crippen LogP) is 2.50. The molecule has 8 nitrogen and oxygen atoms in total. The number of halogens is 1. The fraction of sp³-hybridized carbons (Fsp3) is 0.364. The van der Waals surface area contributed by atoms with Crippen LogP contribution in [0.2, 0.25) is 0 Å². The third-order valence-corrected chi connectivity index (χ3v) is 5.81. The zero-order valence-corrected chi connectivity index (χ0v) is 17.1. The summed E-state index contributed by atoms with van der Waals surface area (Å²) in [6.45, 7) is 2.98. The van der Waals surface area contributed by atoms with Gasteiger partial charge in [-0.1, -0.05) is 0 Å². The first-order valence-electron chi connectivity index (χ1n) is 10.1. The van der Waals surface area contributed by atoms with Crippen molar-refractivity contribution in [3.8, 4) is 11.1 Å². The number of primary amides is 1. The molecule has 2 atom stereocenters. The van der Waals surface area contributed by atoms with Crippen molar-refractivity contribution in [3.05, 3.63) is 42.3 Å². The van der Waals surface area contributed by atoms with E-state index in [0.717, 1.165) is 5.82 Å². The molecule has 1 aromatic heterocycles. The number of amides is 2. The highest BCUT2D eigenvalue weighted by Crippen LogP contribution is 2.30. The molecule has 3 heterocycles. The van der Waals surface area contributed by atoms with Crippen molar-refractivity contribution in [3.63, 3.8) is 0 Å². The third-order valence-electron chi connectivity index (χ3n) is 5.81.